The zero-order chi connectivity index (χ0) is 22.1. The van der Waals surface area contributed by atoms with E-state index < -0.39 is 52.5 Å². The van der Waals surface area contributed by atoms with E-state index in [1.807, 2.05) is 6.92 Å². The monoisotopic (exact) mass is 422 g/mol. The lowest BCUT2D eigenvalue weighted by Gasteiger charge is -2.63. The zero-order valence-electron chi connectivity index (χ0n) is 17.9. The van der Waals surface area contributed by atoms with Crippen molar-refractivity contribution in [2.24, 2.45) is 22.7 Å². The Bertz CT molecular complexity index is 838. The van der Waals surface area contributed by atoms with Crippen molar-refractivity contribution in [1.82, 2.24) is 0 Å². The Labute approximate surface area is 175 Å². The molecule has 0 aromatic heterocycles. The number of ketones is 2. The standard InChI is InChI=1S/C23H31FO6/c1-13(25)30-12-19(28)22(29)9-7-16-17-5-4-14-10-15(26)6-8-20(14,2)23(17,24)18(27)11-21(16,22)3/h10,16-18,27,29H,4-9,11-12H2,1-3H3/t16-,17-,18?,20-,21-,22-,23-/m0/s1. The topological polar surface area (TPSA) is 101 Å². The van der Waals surface area contributed by atoms with E-state index in [2.05, 4.69) is 0 Å². The van der Waals surface area contributed by atoms with Crippen molar-refractivity contribution in [2.75, 3.05) is 6.61 Å². The first-order valence-corrected chi connectivity index (χ1v) is 10.9. The molecule has 7 atom stereocenters. The third-order valence-electron chi connectivity index (χ3n) is 9.06. The zero-order valence-corrected chi connectivity index (χ0v) is 17.9. The number of rotatable bonds is 3. The van der Waals surface area contributed by atoms with Gasteiger partial charge in [0, 0.05) is 30.1 Å². The van der Waals surface area contributed by atoms with Crippen LogP contribution in [0.25, 0.3) is 0 Å². The molecule has 3 fully saturated rings. The van der Waals surface area contributed by atoms with Crippen LogP contribution in [-0.2, 0) is 19.1 Å². The second-order valence-corrected chi connectivity index (χ2v) is 10.2. The Hall–Kier alpha value is -1.60. The van der Waals surface area contributed by atoms with E-state index in [-0.39, 0.29) is 31.0 Å². The van der Waals surface area contributed by atoms with Gasteiger partial charge in [-0.3, -0.25) is 14.4 Å². The van der Waals surface area contributed by atoms with E-state index in [0.717, 1.165) is 5.57 Å². The van der Waals surface area contributed by atoms with Crippen molar-refractivity contribution in [3.05, 3.63) is 11.6 Å². The highest BCUT2D eigenvalue weighted by Gasteiger charge is 2.74. The third kappa shape index (κ3) is 2.57. The summed E-state index contributed by atoms with van der Waals surface area (Å²) in [6, 6.07) is 0. The Balaban J connectivity index is 1.71. The number of aliphatic hydroxyl groups is 2. The van der Waals surface area contributed by atoms with Crippen molar-refractivity contribution in [2.45, 2.75) is 83.1 Å². The van der Waals surface area contributed by atoms with Crippen LogP contribution in [0.5, 0.6) is 0 Å². The molecule has 0 radical (unpaired) electrons. The average molecular weight is 422 g/mol. The molecule has 0 saturated heterocycles. The second-order valence-electron chi connectivity index (χ2n) is 10.2. The predicted molar refractivity (Wildman–Crippen MR) is 105 cm³/mol. The molecule has 0 spiro atoms. The number of carbonyl (C=O) groups excluding carboxylic acids is 3. The quantitative estimate of drug-likeness (QED) is 0.678. The fraction of sp³-hybridized carbons (Fsp3) is 0.783. The highest BCUT2D eigenvalue weighted by Crippen LogP contribution is 2.70. The van der Waals surface area contributed by atoms with Gasteiger partial charge in [0.15, 0.2) is 12.4 Å². The summed E-state index contributed by atoms with van der Waals surface area (Å²) < 4.78 is 21.8. The first-order chi connectivity index (χ1) is 13.9. The normalized spacial score (nSPS) is 47.6. The van der Waals surface area contributed by atoms with Gasteiger partial charge in [0.1, 0.15) is 11.3 Å². The van der Waals surface area contributed by atoms with Crippen LogP contribution in [0.2, 0.25) is 0 Å². The number of allylic oxidation sites excluding steroid dienone is 1. The van der Waals surface area contributed by atoms with Crippen molar-refractivity contribution in [1.29, 1.82) is 0 Å². The summed E-state index contributed by atoms with van der Waals surface area (Å²) in [5.74, 6) is -1.99. The van der Waals surface area contributed by atoms with E-state index >= 15 is 4.39 Å². The number of carbonyl (C=O) groups is 3. The summed E-state index contributed by atoms with van der Waals surface area (Å²) in [6.07, 6.45) is 2.45. The van der Waals surface area contributed by atoms with E-state index in [4.69, 9.17) is 4.74 Å². The molecule has 4 rings (SSSR count). The van der Waals surface area contributed by atoms with E-state index in [1.54, 1.807) is 13.0 Å². The molecule has 4 aliphatic carbocycles. The van der Waals surface area contributed by atoms with Crippen LogP contribution in [-0.4, -0.2) is 51.7 Å². The molecule has 7 heteroatoms. The number of esters is 1. The molecule has 0 aliphatic heterocycles. The van der Waals surface area contributed by atoms with Crippen LogP contribution in [0, 0.1) is 22.7 Å². The Kier molecular flexibility index (Phi) is 4.83. The highest BCUT2D eigenvalue weighted by molar-refractivity contribution is 5.92. The Morgan fingerprint density at radius 1 is 1.20 bits per heavy atom. The lowest BCUT2D eigenvalue weighted by molar-refractivity contribution is -0.227. The molecule has 0 aromatic rings. The van der Waals surface area contributed by atoms with Gasteiger partial charge in [0.2, 0.25) is 5.78 Å². The molecule has 0 amide bonds. The van der Waals surface area contributed by atoms with Crippen LogP contribution in [0.3, 0.4) is 0 Å². The summed E-state index contributed by atoms with van der Waals surface area (Å²) in [5, 5.41) is 22.6. The minimum absolute atomic E-state index is 0.00553. The third-order valence-corrected chi connectivity index (χ3v) is 9.06. The van der Waals surface area contributed by atoms with Crippen molar-refractivity contribution in [3.63, 3.8) is 0 Å². The number of aliphatic hydroxyl groups excluding tert-OH is 1. The van der Waals surface area contributed by atoms with Gasteiger partial charge >= 0.3 is 5.97 Å². The van der Waals surface area contributed by atoms with Gasteiger partial charge in [-0.15, -0.1) is 0 Å². The van der Waals surface area contributed by atoms with Gasteiger partial charge in [-0.1, -0.05) is 19.4 Å². The first-order valence-electron chi connectivity index (χ1n) is 10.9. The highest BCUT2D eigenvalue weighted by atomic mass is 19.1. The maximum atomic E-state index is 16.9. The van der Waals surface area contributed by atoms with Gasteiger partial charge in [-0.2, -0.15) is 0 Å². The molecule has 166 valence electrons. The van der Waals surface area contributed by atoms with Gasteiger partial charge in [-0.25, -0.2) is 4.39 Å². The number of ether oxygens (including phenoxy) is 1. The van der Waals surface area contributed by atoms with Crippen molar-refractivity contribution < 1.29 is 33.7 Å². The van der Waals surface area contributed by atoms with E-state index in [0.29, 0.717) is 25.7 Å². The van der Waals surface area contributed by atoms with Crippen LogP contribution < -0.4 is 0 Å². The summed E-state index contributed by atoms with van der Waals surface area (Å²) in [7, 11) is 0. The number of hydrogen-bond acceptors (Lipinski definition) is 6. The average Bonchev–Trinajstić information content (AvgIpc) is 2.94. The molecule has 4 aliphatic rings. The van der Waals surface area contributed by atoms with Gasteiger partial charge in [0.05, 0.1) is 6.10 Å². The van der Waals surface area contributed by atoms with E-state index in [1.165, 1.54) is 6.92 Å². The van der Waals surface area contributed by atoms with Crippen molar-refractivity contribution >= 4 is 17.5 Å². The maximum absolute atomic E-state index is 16.9. The summed E-state index contributed by atoms with van der Waals surface area (Å²) in [4.78, 5) is 35.9. The smallest absolute Gasteiger partial charge is 0.303 e. The molecule has 0 aromatic carbocycles. The maximum Gasteiger partial charge on any atom is 0.303 e. The fourth-order valence-electron chi connectivity index (χ4n) is 7.32. The number of Topliss-reactive ketones (excluding diaryl/α,β-unsaturated/α-hetero) is 1. The lowest BCUT2D eigenvalue weighted by atomic mass is 9.44. The fourth-order valence-corrected chi connectivity index (χ4v) is 7.32. The second kappa shape index (κ2) is 6.70. The Morgan fingerprint density at radius 2 is 1.90 bits per heavy atom. The number of halogens is 1. The first kappa shape index (κ1) is 21.6. The van der Waals surface area contributed by atoms with Crippen LogP contribution in [0.1, 0.15) is 65.7 Å². The molecule has 3 saturated carbocycles. The summed E-state index contributed by atoms with van der Waals surface area (Å²) in [6.45, 7) is 4.25. The van der Waals surface area contributed by atoms with E-state index in [9.17, 15) is 24.6 Å². The molecular weight excluding hydrogens is 391 g/mol. The van der Waals surface area contributed by atoms with Gasteiger partial charge < -0.3 is 14.9 Å². The largest absolute Gasteiger partial charge is 0.458 e. The van der Waals surface area contributed by atoms with Gasteiger partial charge in [0.25, 0.3) is 0 Å². The minimum atomic E-state index is -1.91. The van der Waals surface area contributed by atoms with Crippen molar-refractivity contribution in [3.8, 4) is 0 Å². The number of hydrogen-bond donors (Lipinski definition) is 2. The molecular formula is C23H31FO6. The molecule has 0 heterocycles. The Morgan fingerprint density at radius 3 is 2.57 bits per heavy atom. The van der Waals surface area contributed by atoms with Crippen LogP contribution >= 0.6 is 0 Å². The number of alkyl halides is 1. The molecule has 6 nitrogen and oxygen atoms in total. The van der Waals surface area contributed by atoms with Crippen LogP contribution in [0.15, 0.2) is 11.6 Å². The molecule has 0 bridgehead atoms. The SMILES string of the molecule is CC(=O)OCC(=O)[C@@]1(O)CC[C@H]2[C@@H]3CCC4=CC(=O)CC[C@]4(C)[C@@]3(F)C(O)C[C@@]21C. The van der Waals surface area contributed by atoms with Gasteiger partial charge in [-0.05, 0) is 50.5 Å². The van der Waals surface area contributed by atoms with Crippen LogP contribution in [0.4, 0.5) is 4.39 Å². The predicted octanol–water partition coefficient (Wildman–Crippen LogP) is 2.44. The lowest BCUT2D eigenvalue weighted by Crippen LogP contribution is -2.69. The summed E-state index contributed by atoms with van der Waals surface area (Å²) >= 11 is 0. The minimum Gasteiger partial charge on any atom is -0.458 e. The molecule has 2 N–H and O–H groups in total. The number of fused-ring (bicyclic) bond motifs is 5. The summed E-state index contributed by atoms with van der Waals surface area (Å²) in [5.41, 5.74) is -4.83. The molecule has 30 heavy (non-hydrogen) atoms. The molecule has 1 unspecified atom stereocenters.